The number of morpholine rings is 1. The topological polar surface area (TPSA) is 75.2 Å². The maximum absolute atomic E-state index is 5.41. The van der Waals surface area contributed by atoms with Crippen molar-refractivity contribution in [3.63, 3.8) is 0 Å². The molecule has 2 aromatic heterocycles. The first kappa shape index (κ1) is 17.3. The van der Waals surface area contributed by atoms with E-state index in [-0.39, 0.29) is 0 Å². The van der Waals surface area contributed by atoms with Gasteiger partial charge in [-0.1, -0.05) is 0 Å². The van der Waals surface area contributed by atoms with Gasteiger partial charge in [0.05, 0.1) is 18.9 Å². The Hall–Kier alpha value is -2.09. The van der Waals surface area contributed by atoms with Gasteiger partial charge in [-0.3, -0.25) is 9.88 Å². The molecule has 0 aromatic carbocycles. The Balaban J connectivity index is 1.45. The molecule has 2 aliphatic heterocycles. The Morgan fingerprint density at radius 1 is 1.23 bits per heavy atom. The Morgan fingerprint density at radius 3 is 3.00 bits per heavy atom. The summed E-state index contributed by atoms with van der Waals surface area (Å²) in [7, 11) is 0. The summed E-state index contributed by atoms with van der Waals surface area (Å²) in [5, 5.41) is 6.97. The van der Waals surface area contributed by atoms with Crippen LogP contribution in [0, 0.1) is 0 Å². The van der Waals surface area contributed by atoms with E-state index in [2.05, 4.69) is 20.5 Å². The third kappa shape index (κ3) is 4.17. The van der Waals surface area contributed by atoms with E-state index < -0.39 is 0 Å². The number of ether oxygens (including phenoxy) is 1. The molecule has 1 fully saturated rings. The molecule has 1 saturated heterocycles. The molecule has 7 nitrogen and oxygen atoms in total. The highest BCUT2D eigenvalue weighted by Gasteiger charge is 2.18. The second kappa shape index (κ2) is 8.53. The molecule has 7 heteroatoms. The van der Waals surface area contributed by atoms with Crippen LogP contribution in [0.2, 0.25) is 0 Å². The van der Waals surface area contributed by atoms with Gasteiger partial charge < -0.3 is 15.4 Å². The number of fused-ring (bicyclic) bond motifs is 1. The Labute approximate surface area is 154 Å². The number of rotatable bonds is 6. The first-order chi connectivity index (χ1) is 12.9. The van der Waals surface area contributed by atoms with Crippen LogP contribution >= 0.6 is 0 Å². The van der Waals surface area contributed by atoms with E-state index in [0.717, 1.165) is 88.2 Å². The van der Waals surface area contributed by atoms with Gasteiger partial charge in [0.1, 0.15) is 5.82 Å². The third-order valence-corrected chi connectivity index (χ3v) is 4.90. The van der Waals surface area contributed by atoms with E-state index in [9.17, 15) is 0 Å². The zero-order valence-corrected chi connectivity index (χ0v) is 15.1. The number of nitrogens with one attached hydrogen (secondary N) is 2. The number of nitrogens with zero attached hydrogens (tertiary/aromatic N) is 4. The van der Waals surface area contributed by atoms with E-state index in [1.54, 1.807) is 6.20 Å². The summed E-state index contributed by atoms with van der Waals surface area (Å²) >= 11 is 0. The second-order valence-electron chi connectivity index (χ2n) is 6.72. The van der Waals surface area contributed by atoms with Crippen LogP contribution in [-0.2, 0) is 17.7 Å². The van der Waals surface area contributed by atoms with Gasteiger partial charge in [0.15, 0.2) is 5.82 Å². The van der Waals surface area contributed by atoms with Gasteiger partial charge in [-0.15, -0.1) is 0 Å². The fourth-order valence-corrected chi connectivity index (χ4v) is 3.46. The van der Waals surface area contributed by atoms with Gasteiger partial charge >= 0.3 is 0 Å². The number of hydrogen-bond donors (Lipinski definition) is 2. The monoisotopic (exact) mass is 354 g/mol. The summed E-state index contributed by atoms with van der Waals surface area (Å²) in [6.07, 6.45) is 5.65. The average Bonchev–Trinajstić information content (AvgIpc) is 2.72. The normalized spacial score (nSPS) is 17.7. The van der Waals surface area contributed by atoms with E-state index in [4.69, 9.17) is 14.7 Å². The SMILES string of the molecule is c1cncc(-c2nc3c(c(NCCCN4CCOCC4)n2)CCNC3)c1. The number of aromatic nitrogens is 3. The van der Waals surface area contributed by atoms with Crippen molar-refractivity contribution < 1.29 is 4.74 Å². The third-order valence-electron chi connectivity index (χ3n) is 4.90. The summed E-state index contributed by atoms with van der Waals surface area (Å²) < 4.78 is 5.41. The van der Waals surface area contributed by atoms with Gasteiger partial charge in [-0.2, -0.15) is 0 Å². The Kier molecular flexibility index (Phi) is 5.68. The second-order valence-corrected chi connectivity index (χ2v) is 6.72. The summed E-state index contributed by atoms with van der Waals surface area (Å²) in [6.45, 7) is 7.59. The highest BCUT2D eigenvalue weighted by atomic mass is 16.5. The van der Waals surface area contributed by atoms with Crippen LogP contribution < -0.4 is 10.6 Å². The molecule has 0 unspecified atom stereocenters. The molecule has 0 aliphatic carbocycles. The summed E-state index contributed by atoms with van der Waals surface area (Å²) in [5.41, 5.74) is 3.31. The molecule has 0 saturated carbocycles. The fourth-order valence-electron chi connectivity index (χ4n) is 3.46. The first-order valence-corrected chi connectivity index (χ1v) is 9.45. The lowest BCUT2D eigenvalue weighted by atomic mass is 10.1. The molecule has 4 heterocycles. The van der Waals surface area contributed by atoms with Crippen molar-refractivity contribution in [3.05, 3.63) is 35.8 Å². The molecule has 0 radical (unpaired) electrons. The highest BCUT2D eigenvalue weighted by Crippen LogP contribution is 2.24. The molecule has 2 aromatic rings. The van der Waals surface area contributed by atoms with Crippen LogP contribution in [-0.4, -0.2) is 65.8 Å². The Bertz CT molecular complexity index is 717. The van der Waals surface area contributed by atoms with Gasteiger partial charge in [0.2, 0.25) is 0 Å². The standard InChI is InChI=1S/C19H26N6O/c1-3-15(13-20-5-1)18-23-17-14-21-7-4-16(17)19(24-18)22-6-2-8-25-9-11-26-12-10-25/h1,3,5,13,21H,2,4,6-12,14H2,(H,22,23,24). The minimum atomic E-state index is 0.747. The van der Waals surface area contributed by atoms with E-state index >= 15 is 0 Å². The van der Waals surface area contributed by atoms with Crippen LogP contribution in [0.3, 0.4) is 0 Å². The summed E-state index contributed by atoms with van der Waals surface area (Å²) in [4.78, 5) is 16.2. The van der Waals surface area contributed by atoms with E-state index in [1.165, 1.54) is 5.56 Å². The van der Waals surface area contributed by atoms with E-state index in [0.29, 0.717) is 0 Å². The predicted octanol–water partition coefficient (Wildman–Crippen LogP) is 1.32. The Morgan fingerprint density at radius 2 is 2.15 bits per heavy atom. The van der Waals surface area contributed by atoms with Gasteiger partial charge in [0, 0.05) is 49.7 Å². The lowest BCUT2D eigenvalue weighted by Gasteiger charge is -2.26. The summed E-state index contributed by atoms with van der Waals surface area (Å²) in [5.74, 6) is 1.73. The molecule has 0 amide bonds. The minimum Gasteiger partial charge on any atom is -0.379 e. The minimum absolute atomic E-state index is 0.747. The van der Waals surface area contributed by atoms with Gasteiger partial charge in [-0.05, 0) is 38.1 Å². The van der Waals surface area contributed by atoms with Crippen LogP contribution in [0.25, 0.3) is 11.4 Å². The first-order valence-electron chi connectivity index (χ1n) is 9.45. The molecule has 26 heavy (non-hydrogen) atoms. The largest absolute Gasteiger partial charge is 0.379 e. The average molecular weight is 354 g/mol. The molecular formula is C19H26N6O. The predicted molar refractivity (Wildman–Crippen MR) is 101 cm³/mol. The molecule has 4 rings (SSSR count). The fraction of sp³-hybridized carbons (Fsp3) is 0.526. The zero-order chi connectivity index (χ0) is 17.6. The zero-order valence-electron chi connectivity index (χ0n) is 15.1. The van der Waals surface area contributed by atoms with Crippen molar-refractivity contribution >= 4 is 5.82 Å². The maximum Gasteiger partial charge on any atom is 0.163 e. The molecule has 138 valence electrons. The molecule has 2 N–H and O–H groups in total. The molecular weight excluding hydrogens is 328 g/mol. The highest BCUT2D eigenvalue weighted by molar-refractivity contribution is 5.59. The molecule has 2 aliphatic rings. The molecule has 0 bridgehead atoms. The van der Waals surface area contributed by atoms with Crippen LogP contribution in [0.1, 0.15) is 17.7 Å². The van der Waals surface area contributed by atoms with Crippen molar-refractivity contribution in [1.82, 2.24) is 25.2 Å². The lowest BCUT2D eigenvalue weighted by molar-refractivity contribution is 0.0378. The van der Waals surface area contributed by atoms with Gasteiger partial charge in [-0.25, -0.2) is 9.97 Å². The summed E-state index contributed by atoms with van der Waals surface area (Å²) in [6, 6.07) is 3.93. The van der Waals surface area contributed by atoms with Crippen molar-refractivity contribution in [1.29, 1.82) is 0 Å². The smallest absolute Gasteiger partial charge is 0.163 e. The number of anilines is 1. The van der Waals surface area contributed by atoms with Gasteiger partial charge in [0.25, 0.3) is 0 Å². The van der Waals surface area contributed by atoms with Crippen molar-refractivity contribution in [2.45, 2.75) is 19.4 Å². The van der Waals surface area contributed by atoms with Crippen LogP contribution in [0.15, 0.2) is 24.5 Å². The van der Waals surface area contributed by atoms with E-state index in [1.807, 2.05) is 18.3 Å². The van der Waals surface area contributed by atoms with Crippen molar-refractivity contribution in [3.8, 4) is 11.4 Å². The maximum atomic E-state index is 5.41. The molecule has 0 atom stereocenters. The van der Waals surface area contributed by atoms with Crippen molar-refractivity contribution in [2.24, 2.45) is 0 Å². The lowest BCUT2D eigenvalue weighted by Crippen LogP contribution is -2.37. The van der Waals surface area contributed by atoms with Crippen LogP contribution in [0.5, 0.6) is 0 Å². The van der Waals surface area contributed by atoms with Crippen molar-refractivity contribution in [2.75, 3.05) is 51.3 Å². The quantitative estimate of drug-likeness (QED) is 0.758. The number of pyridine rings is 1. The molecule has 0 spiro atoms. The number of hydrogen-bond acceptors (Lipinski definition) is 7. The van der Waals surface area contributed by atoms with Crippen LogP contribution in [0.4, 0.5) is 5.82 Å².